The van der Waals surface area contributed by atoms with Crippen molar-refractivity contribution in [1.82, 2.24) is 15.0 Å². The number of hydrogen-bond acceptors (Lipinski definition) is 3. The van der Waals surface area contributed by atoms with Crippen molar-refractivity contribution in [2.75, 3.05) is 10.6 Å². The Labute approximate surface area is 198 Å². The van der Waals surface area contributed by atoms with E-state index in [9.17, 15) is 18.0 Å². The molecule has 0 fully saturated rings. The van der Waals surface area contributed by atoms with E-state index < -0.39 is 22.8 Å². The molecule has 4 aromatic rings. The van der Waals surface area contributed by atoms with E-state index in [4.69, 9.17) is 11.6 Å². The number of benzene rings is 2. The van der Waals surface area contributed by atoms with E-state index in [2.05, 4.69) is 25.6 Å². The van der Waals surface area contributed by atoms with Gasteiger partial charge in [-0.2, -0.15) is 13.2 Å². The van der Waals surface area contributed by atoms with Gasteiger partial charge in [0.25, 0.3) is 0 Å². The minimum Gasteiger partial charge on any atom is -0.360 e. The van der Waals surface area contributed by atoms with Gasteiger partial charge in [-0.1, -0.05) is 23.7 Å². The van der Waals surface area contributed by atoms with Crippen LogP contribution in [0, 0.1) is 6.92 Å². The first-order chi connectivity index (χ1) is 16.2. The highest BCUT2D eigenvalue weighted by Crippen LogP contribution is 2.36. The molecule has 34 heavy (non-hydrogen) atoms. The Balaban J connectivity index is 1.43. The number of anilines is 2. The van der Waals surface area contributed by atoms with Crippen LogP contribution in [0.15, 0.2) is 67.0 Å². The molecule has 0 bridgehead atoms. The second-order valence-electron chi connectivity index (χ2n) is 7.54. The number of alkyl halides is 3. The summed E-state index contributed by atoms with van der Waals surface area (Å²) in [6, 6.07) is 13.6. The number of amides is 2. The largest absolute Gasteiger partial charge is 0.417 e. The van der Waals surface area contributed by atoms with Crippen LogP contribution in [0.4, 0.5) is 29.3 Å². The summed E-state index contributed by atoms with van der Waals surface area (Å²) < 4.78 is 39.1. The molecule has 0 unspecified atom stereocenters. The van der Waals surface area contributed by atoms with Crippen LogP contribution < -0.4 is 10.6 Å². The molecule has 0 aliphatic heterocycles. The van der Waals surface area contributed by atoms with E-state index in [1.54, 1.807) is 12.3 Å². The van der Waals surface area contributed by atoms with Crippen molar-refractivity contribution < 1.29 is 18.0 Å². The van der Waals surface area contributed by atoms with Crippen LogP contribution in [-0.2, 0) is 12.6 Å². The van der Waals surface area contributed by atoms with Gasteiger partial charge in [-0.25, -0.2) is 14.8 Å². The molecule has 10 heteroatoms. The Morgan fingerprint density at radius 2 is 1.91 bits per heavy atom. The van der Waals surface area contributed by atoms with Gasteiger partial charge in [0.1, 0.15) is 5.82 Å². The first-order valence-corrected chi connectivity index (χ1v) is 10.6. The number of H-pyrrole nitrogens is 1. The molecule has 0 atom stereocenters. The highest BCUT2D eigenvalue weighted by Gasteiger charge is 2.33. The number of hydrogen-bond donors (Lipinski definition) is 3. The zero-order valence-corrected chi connectivity index (χ0v) is 18.6. The van der Waals surface area contributed by atoms with Crippen molar-refractivity contribution in [1.29, 1.82) is 0 Å². The molecule has 0 saturated carbocycles. The molecule has 174 valence electrons. The van der Waals surface area contributed by atoms with Gasteiger partial charge in [0.15, 0.2) is 0 Å². The first-order valence-electron chi connectivity index (χ1n) is 10.2. The number of halogens is 4. The van der Waals surface area contributed by atoms with Gasteiger partial charge in [0.2, 0.25) is 0 Å². The number of aromatic amines is 1. The normalized spacial score (nSPS) is 11.3. The Hall–Kier alpha value is -3.85. The third-order valence-corrected chi connectivity index (χ3v) is 5.34. The molecule has 3 N–H and O–H groups in total. The number of carbonyl (C=O) groups is 1. The maximum Gasteiger partial charge on any atom is 0.417 e. The fraction of sp³-hybridized carbons (Fsp3) is 0.125. The number of aromatic nitrogens is 3. The van der Waals surface area contributed by atoms with Crippen molar-refractivity contribution in [2.24, 2.45) is 0 Å². The summed E-state index contributed by atoms with van der Waals surface area (Å²) >= 11 is 5.62. The minimum atomic E-state index is -4.62. The summed E-state index contributed by atoms with van der Waals surface area (Å²) in [4.78, 5) is 24.4. The molecule has 2 heterocycles. The fourth-order valence-corrected chi connectivity index (χ4v) is 3.61. The SMILES string of the molecule is Cc1cc(Cc2nccc(-c3ccc[nH]3)n2)ccc1NC(=O)Nc1ccc(Cl)c(C(F)(F)F)c1. The van der Waals surface area contributed by atoms with Crippen LogP contribution >= 0.6 is 11.6 Å². The van der Waals surface area contributed by atoms with Gasteiger partial charge in [0.05, 0.1) is 22.0 Å². The molecule has 2 aromatic heterocycles. The van der Waals surface area contributed by atoms with Crippen LogP contribution in [-0.4, -0.2) is 21.0 Å². The van der Waals surface area contributed by atoms with Crippen molar-refractivity contribution in [3.63, 3.8) is 0 Å². The lowest BCUT2D eigenvalue weighted by Gasteiger charge is -2.13. The van der Waals surface area contributed by atoms with Gasteiger partial charge >= 0.3 is 12.2 Å². The van der Waals surface area contributed by atoms with Crippen molar-refractivity contribution in [3.8, 4) is 11.4 Å². The van der Waals surface area contributed by atoms with Crippen LogP contribution in [0.1, 0.15) is 22.5 Å². The predicted molar refractivity (Wildman–Crippen MR) is 125 cm³/mol. The number of urea groups is 1. The summed E-state index contributed by atoms with van der Waals surface area (Å²) in [5.74, 6) is 0.646. The van der Waals surface area contributed by atoms with E-state index in [1.165, 1.54) is 6.07 Å². The van der Waals surface area contributed by atoms with E-state index in [1.807, 2.05) is 43.5 Å². The van der Waals surface area contributed by atoms with Gasteiger partial charge in [-0.15, -0.1) is 0 Å². The van der Waals surface area contributed by atoms with Gasteiger partial charge in [-0.05, 0) is 60.5 Å². The summed E-state index contributed by atoms with van der Waals surface area (Å²) in [5, 5.41) is 4.61. The molecular formula is C24H19ClF3N5O. The molecule has 0 aliphatic carbocycles. The summed E-state index contributed by atoms with van der Waals surface area (Å²) in [5.41, 5.74) is 2.89. The quantitative estimate of drug-likeness (QED) is 0.294. The standard InChI is InChI=1S/C24H19ClF3N5O/c1-14-11-15(12-22-30-10-8-21(32-22)20-3-2-9-29-20)4-7-19(14)33-23(34)31-16-5-6-18(25)17(13-16)24(26,27)28/h2-11,13,29H,12H2,1H3,(H2,31,33,34). The van der Waals surface area contributed by atoms with Gasteiger partial charge in [0, 0.05) is 30.2 Å². The number of aryl methyl sites for hydroxylation is 1. The maximum atomic E-state index is 13.0. The lowest BCUT2D eigenvalue weighted by Crippen LogP contribution is -2.20. The zero-order valence-electron chi connectivity index (χ0n) is 17.9. The Morgan fingerprint density at radius 3 is 2.62 bits per heavy atom. The highest BCUT2D eigenvalue weighted by molar-refractivity contribution is 6.31. The van der Waals surface area contributed by atoms with Crippen LogP contribution in [0.5, 0.6) is 0 Å². The molecule has 2 amide bonds. The first kappa shape index (κ1) is 23.3. The molecular weight excluding hydrogens is 467 g/mol. The minimum absolute atomic E-state index is 0.0254. The zero-order chi connectivity index (χ0) is 24.3. The average molecular weight is 486 g/mol. The fourth-order valence-electron chi connectivity index (χ4n) is 3.39. The third kappa shape index (κ3) is 5.55. The van der Waals surface area contributed by atoms with Crippen molar-refractivity contribution in [2.45, 2.75) is 19.5 Å². The monoisotopic (exact) mass is 485 g/mol. The number of nitrogens with zero attached hydrogens (tertiary/aromatic N) is 2. The van der Waals surface area contributed by atoms with E-state index in [0.717, 1.165) is 34.6 Å². The lowest BCUT2D eigenvalue weighted by atomic mass is 10.1. The smallest absolute Gasteiger partial charge is 0.360 e. The van der Waals surface area contributed by atoms with Crippen LogP contribution in [0.25, 0.3) is 11.4 Å². The lowest BCUT2D eigenvalue weighted by molar-refractivity contribution is -0.137. The predicted octanol–water partition coefficient (Wildman–Crippen LogP) is 6.69. The molecule has 0 aliphatic rings. The molecule has 0 spiro atoms. The summed E-state index contributed by atoms with van der Waals surface area (Å²) in [6.07, 6.45) is -0.605. The molecule has 0 radical (unpaired) electrons. The third-order valence-electron chi connectivity index (χ3n) is 5.01. The van der Waals surface area contributed by atoms with Crippen LogP contribution in [0.3, 0.4) is 0 Å². The highest BCUT2D eigenvalue weighted by atomic mass is 35.5. The number of nitrogens with one attached hydrogen (secondary N) is 3. The van der Waals surface area contributed by atoms with Crippen molar-refractivity contribution in [3.05, 3.63) is 94.5 Å². The van der Waals surface area contributed by atoms with Crippen LogP contribution in [0.2, 0.25) is 5.02 Å². The van der Waals surface area contributed by atoms with Gasteiger partial charge in [-0.3, -0.25) is 0 Å². The number of carbonyl (C=O) groups excluding carboxylic acids is 1. The van der Waals surface area contributed by atoms with E-state index in [0.29, 0.717) is 17.9 Å². The Bertz CT molecular complexity index is 1320. The van der Waals surface area contributed by atoms with Gasteiger partial charge < -0.3 is 15.6 Å². The van der Waals surface area contributed by atoms with E-state index in [-0.39, 0.29) is 5.69 Å². The number of rotatable bonds is 5. The average Bonchev–Trinajstić information content (AvgIpc) is 3.31. The Morgan fingerprint density at radius 1 is 1.09 bits per heavy atom. The van der Waals surface area contributed by atoms with Crippen molar-refractivity contribution >= 4 is 29.0 Å². The Kier molecular flexibility index (Phi) is 6.56. The molecule has 0 saturated heterocycles. The second kappa shape index (κ2) is 9.56. The maximum absolute atomic E-state index is 13.0. The summed E-state index contributed by atoms with van der Waals surface area (Å²) in [6.45, 7) is 1.82. The van der Waals surface area contributed by atoms with E-state index >= 15 is 0 Å². The second-order valence-corrected chi connectivity index (χ2v) is 7.95. The molecule has 6 nitrogen and oxygen atoms in total. The summed E-state index contributed by atoms with van der Waals surface area (Å²) in [7, 11) is 0. The topological polar surface area (TPSA) is 82.7 Å². The molecule has 4 rings (SSSR count). The molecule has 2 aromatic carbocycles.